The van der Waals surface area contributed by atoms with Gasteiger partial charge in [-0.3, -0.25) is 0 Å². The minimum Gasteiger partial charge on any atom is -0.405 e. The third-order valence-electron chi connectivity index (χ3n) is 3.73. The van der Waals surface area contributed by atoms with Crippen LogP contribution in [0.1, 0.15) is 33.3 Å². The van der Waals surface area contributed by atoms with Gasteiger partial charge in [-0.05, 0) is 22.6 Å². The van der Waals surface area contributed by atoms with Crippen molar-refractivity contribution >= 4 is 31.4 Å². The molecule has 0 fully saturated rings. The maximum Gasteiger partial charge on any atom is 0.436 e. The molecule has 2 aromatic rings. The first-order valence-corrected chi connectivity index (χ1v) is 10.2. The third kappa shape index (κ3) is 4.99. The Balaban J connectivity index is 2.23. The summed E-state index contributed by atoms with van der Waals surface area (Å²) in [6.07, 6.45) is 2.14. The highest BCUT2D eigenvalue weighted by atomic mass is 27.2. The Morgan fingerprint density at radius 2 is 1.52 bits per heavy atom. The molecule has 0 aliphatic carbocycles. The Bertz CT molecular complexity index is 586. The van der Waals surface area contributed by atoms with Gasteiger partial charge < -0.3 is 3.98 Å². The normalized spacial score (nSPS) is 11.9. The van der Waals surface area contributed by atoms with Gasteiger partial charge in [0.1, 0.15) is 0 Å². The van der Waals surface area contributed by atoms with Crippen LogP contribution in [-0.2, 0) is 0 Å². The number of benzene rings is 2. The maximum absolute atomic E-state index is 5.04. The predicted molar refractivity (Wildman–Crippen MR) is 96.6 cm³/mol. The average molecular weight is 295 g/mol. The van der Waals surface area contributed by atoms with Crippen LogP contribution in [0, 0.1) is 11.8 Å². The largest absolute Gasteiger partial charge is 0.436 e. The zero-order chi connectivity index (χ0) is 15.2. The molecule has 2 rings (SSSR count). The van der Waals surface area contributed by atoms with E-state index in [1.54, 1.807) is 0 Å². The molecule has 0 aliphatic rings. The molecule has 0 N–H and O–H groups in total. The van der Waals surface area contributed by atoms with Gasteiger partial charge in [0.2, 0.25) is 0 Å². The Hall–Kier alpha value is -1.10. The summed E-state index contributed by atoms with van der Waals surface area (Å²) in [5, 5.41) is 5.22. The van der Waals surface area contributed by atoms with E-state index < -0.39 is 14.4 Å². The molecule has 0 aromatic heterocycles. The summed E-state index contributed by atoms with van der Waals surface area (Å²) < 4.78 is 5.04. The van der Waals surface area contributed by atoms with E-state index in [-0.39, 0.29) is 0 Å². The lowest BCUT2D eigenvalue weighted by Gasteiger charge is -2.12. The zero-order valence-corrected chi connectivity index (χ0v) is 14.9. The fourth-order valence-corrected chi connectivity index (χ4v) is 5.84. The molecule has 0 aliphatic heterocycles. The summed E-state index contributed by atoms with van der Waals surface area (Å²) in [6, 6.07) is 15.0. The van der Waals surface area contributed by atoms with E-state index in [1.165, 1.54) is 26.9 Å². The van der Waals surface area contributed by atoms with Gasteiger partial charge in [-0.1, -0.05) is 92.6 Å². The lowest BCUT2D eigenvalue weighted by Crippen LogP contribution is -2.15. The first-order valence-electron chi connectivity index (χ1n) is 8.07. The van der Waals surface area contributed by atoms with Crippen LogP contribution in [0.3, 0.4) is 0 Å². The molecule has 0 unspecified atom stereocenters. The fourth-order valence-electron chi connectivity index (χ4n) is 2.85. The van der Waals surface area contributed by atoms with Gasteiger partial charge in [0.05, 0.1) is 0 Å². The first kappa shape index (κ1) is 16.3. The molecule has 21 heavy (non-hydrogen) atoms. The molecule has 0 radical (unpaired) electrons. The van der Waals surface area contributed by atoms with Crippen molar-refractivity contribution < 1.29 is 0 Å². The highest BCUT2D eigenvalue weighted by Crippen LogP contribution is 2.19. The van der Waals surface area contributed by atoms with E-state index >= 15 is 0 Å². The second-order valence-corrected chi connectivity index (χ2v) is 9.31. The smallest absolute Gasteiger partial charge is 0.405 e. The molecule has 0 heterocycles. The second-order valence-electron chi connectivity index (χ2n) is 6.76. The maximum atomic E-state index is 5.04. The van der Waals surface area contributed by atoms with Crippen LogP contribution in [-0.4, -0.2) is 20.6 Å². The van der Waals surface area contributed by atoms with Crippen LogP contribution in [0.4, 0.5) is 0 Å². The van der Waals surface area contributed by atoms with Gasteiger partial charge in [-0.2, -0.15) is 0 Å². The molecular formula is C19H26AlN. The SMILES string of the molecule is CC(C)[CH2][Al]([CH2]C(C)C)/[N]=C/c1cccc2ccccc12. The summed E-state index contributed by atoms with van der Waals surface area (Å²) in [5.41, 5.74) is 1.26. The van der Waals surface area contributed by atoms with Crippen LogP contribution < -0.4 is 0 Å². The standard InChI is InChI=1S/C11H8N.2C4H9.Al/c12-8-10-6-3-5-9-4-1-2-7-11(9)10;2*1-4(2)3;/h1-8H;2*4H,1H2,2-3H3;/q-1;;;+1. The monoisotopic (exact) mass is 295 g/mol. The number of fused-ring (bicyclic) bond motifs is 1. The molecule has 110 valence electrons. The van der Waals surface area contributed by atoms with E-state index in [0.29, 0.717) is 0 Å². The molecule has 2 aromatic carbocycles. The van der Waals surface area contributed by atoms with E-state index in [9.17, 15) is 0 Å². The molecule has 0 bridgehead atoms. The van der Waals surface area contributed by atoms with Gasteiger partial charge in [-0.25, -0.2) is 0 Å². The molecule has 1 nitrogen and oxygen atoms in total. The highest BCUT2D eigenvalue weighted by Gasteiger charge is 2.20. The van der Waals surface area contributed by atoms with E-state index in [0.717, 1.165) is 11.8 Å². The van der Waals surface area contributed by atoms with Gasteiger partial charge in [0, 0.05) is 0 Å². The van der Waals surface area contributed by atoms with Crippen molar-refractivity contribution in [2.75, 3.05) is 0 Å². The van der Waals surface area contributed by atoms with Crippen LogP contribution in [0.5, 0.6) is 0 Å². The van der Waals surface area contributed by atoms with Gasteiger partial charge >= 0.3 is 14.4 Å². The molecular weight excluding hydrogens is 269 g/mol. The second kappa shape index (κ2) is 7.78. The van der Waals surface area contributed by atoms with Crippen molar-refractivity contribution in [3.63, 3.8) is 0 Å². The Labute approximate surface area is 133 Å². The number of hydrogen-bond acceptors (Lipinski definition) is 1. The van der Waals surface area contributed by atoms with Crippen LogP contribution in [0.25, 0.3) is 10.8 Å². The number of nitrogens with zero attached hydrogens (tertiary/aromatic N) is 1. The predicted octanol–water partition coefficient (Wildman–Crippen LogP) is 5.56. The van der Waals surface area contributed by atoms with Crippen LogP contribution in [0.15, 0.2) is 46.4 Å². The Morgan fingerprint density at radius 1 is 0.905 bits per heavy atom. The van der Waals surface area contributed by atoms with Crippen molar-refractivity contribution in [1.29, 1.82) is 0 Å². The van der Waals surface area contributed by atoms with E-state index in [2.05, 4.69) is 76.4 Å². The molecule has 0 saturated carbocycles. The minimum atomic E-state index is -1.03. The summed E-state index contributed by atoms with van der Waals surface area (Å²) in [5.74, 6) is 1.51. The summed E-state index contributed by atoms with van der Waals surface area (Å²) in [7, 11) is 0. The summed E-state index contributed by atoms with van der Waals surface area (Å²) in [6.45, 7) is 9.25. The summed E-state index contributed by atoms with van der Waals surface area (Å²) >= 11 is -1.03. The molecule has 0 spiro atoms. The minimum absolute atomic E-state index is 0.755. The van der Waals surface area contributed by atoms with Crippen LogP contribution >= 0.6 is 0 Å². The van der Waals surface area contributed by atoms with Crippen molar-refractivity contribution in [1.82, 2.24) is 0 Å². The highest BCUT2D eigenvalue weighted by molar-refractivity contribution is 6.58. The molecule has 0 amide bonds. The lowest BCUT2D eigenvalue weighted by atomic mass is 10.1. The molecule has 0 atom stereocenters. The zero-order valence-electron chi connectivity index (χ0n) is 13.7. The quantitative estimate of drug-likeness (QED) is 0.488. The van der Waals surface area contributed by atoms with Crippen molar-refractivity contribution in [3.8, 4) is 0 Å². The first-order chi connectivity index (χ1) is 10.1. The average Bonchev–Trinajstić information content (AvgIpc) is 2.43. The van der Waals surface area contributed by atoms with Gasteiger partial charge in [-0.15, -0.1) is 0 Å². The Morgan fingerprint density at radius 3 is 2.19 bits per heavy atom. The van der Waals surface area contributed by atoms with Crippen LogP contribution in [0.2, 0.25) is 10.6 Å². The van der Waals surface area contributed by atoms with Crippen molar-refractivity contribution in [3.05, 3.63) is 48.0 Å². The number of hydrogen-bond donors (Lipinski definition) is 0. The van der Waals surface area contributed by atoms with Gasteiger partial charge in [0.25, 0.3) is 0 Å². The third-order valence-corrected chi connectivity index (χ3v) is 7.28. The van der Waals surface area contributed by atoms with E-state index in [4.69, 9.17) is 3.98 Å². The Kier molecular flexibility index (Phi) is 6.03. The topological polar surface area (TPSA) is 12.4 Å². The number of rotatable bonds is 6. The van der Waals surface area contributed by atoms with E-state index in [1.807, 2.05) is 0 Å². The molecule has 2 heteroatoms. The van der Waals surface area contributed by atoms with Crippen molar-refractivity contribution in [2.45, 2.75) is 38.3 Å². The lowest BCUT2D eigenvalue weighted by molar-refractivity contribution is 0.689. The summed E-state index contributed by atoms with van der Waals surface area (Å²) in [4.78, 5) is 0. The van der Waals surface area contributed by atoms with Crippen molar-refractivity contribution in [2.24, 2.45) is 15.8 Å². The fraction of sp³-hybridized carbons (Fsp3) is 0.421. The molecule has 0 saturated heterocycles. The van der Waals surface area contributed by atoms with Gasteiger partial charge in [0.15, 0.2) is 0 Å².